The molecule has 1 aromatic rings. The number of benzene rings is 1. The predicted octanol–water partition coefficient (Wildman–Crippen LogP) is 1.74. The average molecular weight is 208 g/mol. The van der Waals surface area contributed by atoms with Gasteiger partial charge in [-0.1, -0.05) is 18.2 Å². The summed E-state index contributed by atoms with van der Waals surface area (Å²) >= 11 is 0. The summed E-state index contributed by atoms with van der Waals surface area (Å²) in [5.41, 5.74) is 6.58. The van der Waals surface area contributed by atoms with E-state index in [4.69, 9.17) is 5.73 Å². The zero-order chi connectivity index (χ0) is 10.9. The second kappa shape index (κ2) is 3.81. The summed E-state index contributed by atoms with van der Waals surface area (Å²) < 4.78 is 13.8. The first-order chi connectivity index (χ1) is 7.12. The van der Waals surface area contributed by atoms with E-state index in [0.717, 1.165) is 18.7 Å². The number of rotatable bonds is 3. The van der Waals surface area contributed by atoms with Gasteiger partial charge in [0, 0.05) is 18.8 Å². The molecule has 0 spiro atoms. The first kappa shape index (κ1) is 10.4. The number of para-hydroxylation sites is 1. The highest BCUT2D eigenvalue weighted by molar-refractivity contribution is 5.58. The van der Waals surface area contributed by atoms with Crippen molar-refractivity contribution in [2.75, 3.05) is 24.5 Å². The summed E-state index contributed by atoms with van der Waals surface area (Å²) in [5.74, 6) is 0. The molecule has 1 heterocycles. The van der Waals surface area contributed by atoms with Crippen LogP contribution < -0.4 is 10.6 Å². The van der Waals surface area contributed by atoms with Gasteiger partial charge in [0.2, 0.25) is 0 Å². The van der Waals surface area contributed by atoms with Gasteiger partial charge in [-0.25, -0.2) is 4.39 Å². The smallest absolute Gasteiger partial charge is 0.137 e. The summed E-state index contributed by atoms with van der Waals surface area (Å²) in [6.07, 6.45) is 1.01. The fraction of sp³-hybridized carbons (Fsp3) is 0.500. The summed E-state index contributed by atoms with van der Waals surface area (Å²) in [4.78, 5) is 2.09. The van der Waals surface area contributed by atoms with E-state index in [1.54, 1.807) is 6.92 Å². The summed E-state index contributed by atoms with van der Waals surface area (Å²) in [7, 11) is 0. The van der Waals surface area contributed by atoms with E-state index in [-0.39, 0.29) is 6.54 Å². The number of halogens is 1. The van der Waals surface area contributed by atoms with E-state index >= 15 is 0 Å². The monoisotopic (exact) mass is 208 g/mol. The van der Waals surface area contributed by atoms with Crippen LogP contribution in [-0.2, 0) is 6.42 Å². The Bertz CT molecular complexity index is 349. The molecule has 0 radical (unpaired) electrons. The van der Waals surface area contributed by atoms with Crippen molar-refractivity contribution in [3.63, 3.8) is 0 Å². The summed E-state index contributed by atoms with van der Waals surface area (Å²) in [6, 6.07) is 8.18. The first-order valence-electron chi connectivity index (χ1n) is 5.34. The first-order valence-corrected chi connectivity index (χ1v) is 5.34. The SMILES string of the molecule is CC(F)(CN)CN1CCc2ccccc21. The molecule has 1 aliphatic rings. The highest BCUT2D eigenvalue weighted by atomic mass is 19.1. The topological polar surface area (TPSA) is 29.3 Å². The standard InChI is InChI=1S/C12H17FN2/c1-12(13,8-14)9-15-7-6-10-4-2-3-5-11(10)15/h2-5H,6-9,14H2,1H3. The van der Waals surface area contributed by atoms with Crippen LogP contribution in [0.5, 0.6) is 0 Å². The van der Waals surface area contributed by atoms with Crippen molar-refractivity contribution in [2.45, 2.75) is 19.0 Å². The van der Waals surface area contributed by atoms with E-state index < -0.39 is 5.67 Å². The number of anilines is 1. The molecular weight excluding hydrogens is 191 g/mol. The third-order valence-electron chi connectivity index (χ3n) is 2.93. The van der Waals surface area contributed by atoms with Crippen molar-refractivity contribution < 1.29 is 4.39 Å². The average Bonchev–Trinajstić information content (AvgIpc) is 2.62. The third-order valence-corrected chi connectivity index (χ3v) is 2.93. The maximum absolute atomic E-state index is 13.8. The molecule has 2 rings (SSSR count). The maximum Gasteiger partial charge on any atom is 0.137 e. The van der Waals surface area contributed by atoms with E-state index in [1.807, 2.05) is 12.1 Å². The molecule has 82 valence electrons. The molecule has 0 amide bonds. The molecule has 15 heavy (non-hydrogen) atoms. The minimum Gasteiger partial charge on any atom is -0.368 e. The van der Waals surface area contributed by atoms with E-state index in [0.29, 0.717) is 6.54 Å². The lowest BCUT2D eigenvalue weighted by molar-refractivity contribution is 0.207. The van der Waals surface area contributed by atoms with Crippen molar-refractivity contribution in [1.29, 1.82) is 0 Å². The molecule has 0 aliphatic carbocycles. The molecule has 0 fully saturated rings. The van der Waals surface area contributed by atoms with Gasteiger partial charge < -0.3 is 10.6 Å². The second-order valence-corrected chi connectivity index (χ2v) is 4.42. The Morgan fingerprint density at radius 3 is 2.93 bits per heavy atom. The Labute approximate surface area is 89.9 Å². The molecule has 1 unspecified atom stereocenters. The lowest BCUT2D eigenvalue weighted by Crippen LogP contribution is -2.42. The number of hydrogen-bond donors (Lipinski definition) is 1. The van der Waals surface area contributed by atoms with Crippen molar-refractivity contribution in [2.24, 2.45) is 5.73 Å². The van der Waals surface area contributed by atoms with E-state index in [2.05, 4.69) is 17.0 Å². The van der Waals surface area contributed by atoms with Crippen molar-refractivity contribution in [1.82, 2.24) is 0 Å². The molecule has 2 nitrogen and oxygen atoms in total. The van der Waals surface area contributed by atoms with Gasteiger partial charge in [-0.2, -0.15) is 0 Å². The van der Waals surface area contributed by atoms with E-state index in [1.165, 1.54) is 5.56 Å². The third kappa shape index (κ3) is 2.12. The number of hydrogen-bond acceptors (Lipinski definition) is 2. The van der Waals surface area contributed by atoms with Gasteiger partial charge in [0.25, 0.3) is 0 Å². The predicted molar refractivity (Wildman–Crippen MR) is 60.9 cm³/mol. The Morgan fingerprint density at radius 2 is 2.20 bits per heavy atom. The van der Waals surface area contributed by atoms with Crippen LogP contribution in [0.2, 0.25) is 0 Å². The lowest BCUT2D eigenvalue weighted by Gasteiger charge is -2.27. The van der Waals surface area contributed by atoms with Gasteiger partial charge in [-0.05, 0) is 25.0 Å². The fourth-order valence-electron chi connectivity index (χ4n) is 2.03. The number of alkyl halides is 1. The Hall–Kier alpha value is -1.09. The van der Waals surface area contributed by atoms with Gasteiger partial charge in [0.1, 0.15) is 5.67 Å². The molecule has 0 saturated heterocycles. The Kier molecular flexibility index (Phi) is 2.65. The largest absolute Gasteiger partial charge is 0.368 e. The summed E-state index contributed by atoms with van der Waals surface area (Å²) in [5, 5.41) is 0. The zero-order valence-corrected chi connectivity index (χ0v) is 9.04. The van der Waals surface area contributed by atoms with Crippen LogP contribution in [0.1, 0.15) is 12.5 Å². The quantitative estimate of drug-likeness (QED) is 0.819. The number of fused-ring (bicyclic) bond motifs is 1. The van der Waals surface area contributed by atoms with Gasteiger partial charge in [-0.15, -0.1) is 0 Å². The second-order valence-electron chi connectivity index (χ2n) is 4.42. The molecule has 2 N–H and O–H groups in total. The van der Waals surface area contributed by atoms with Gasteiger partial charge in [0.05, 0.1) is 6.54 Å². The van der Waals surface area contributed by atoms with Gasteiger partial charge in [0.15, 0.2) is 0 Å². The Balaban J connectivity index is 2.14. The number of nitrogens with zero attached hydrogens (tertiary/aromatic N) is 1. The molecule has 0 saturated carbocycles. The van der Waals surface area contributed by atoms with Crippen molar-refractivity contribution in [3.05, 3.63) is 29.8 Å². The molecule has 1 aromatic carbocycles. The van der Waals surface area contributed by atoms with Crippen LogP contribution in [0.4, 0.5) is 10.1 Å². The minimum absolute atomic E-state index is 0.0751. The van der Waals surface area contributed by atoms with Crippen molar-refractivity contribution >= 4 is 5.69 Å². The van der Waals surface area contributed by atoms with Crippen LogP contribution in [0.15, 0.2) is 24.3 Å². The molecule has 3 heteroatoms. The highest BCUT2D eigenvalue weighted by Crippen LogP contribution is 2.29. The fourth-order valence-corrected chi connectivity index (χ4v) is 2.03. The molecule has 0 bridgehead atoms. The van der Waals surface area contributed by atoms with Gasteiger partial charge in [-0.3, -0.25) is 0 Å². The van der Waals surface area contributed by atoms with Crippen molar-refractivity contribution in [3.8, 4) is 0 Å². The molecular formula is C12H17FN2. The number of nitrogens with two attached hydrogens (primary N) is 1. The van der Waals surface area contributed by atoms with Crippen LogP contribution in [-0.4, -0.2) is 25.3 Å². The Morgan fingerprint density at radius 1 is 1.47 bits per heavy atom. The van der Waals surface area contributed by atoms with Crippen LogP contribution in [0.3, 0.4) is 0 Å². The van der Waals surface area contributed by atoms with Crippen LogP contribution in [0.25, 0.3) is 0 Å². The highest BCUT2D eigenvalue weighted by Gasteiger charge is 2.28. The normalized spacial score (nSPS) is 18.7. The van der Waals surface area contributed by atoms with Gasteiger partial charge >= 0.3 is 0 Å². The molecule has 0 aromatic heterocycles. The zero-order valence-electron chi connectivity index (χ0n) is 9.04. The maximum atomic E-state index is 13.8. The lowest BCUT2D eigenvalue weighted by atomic mass is 10.1. The minimum atomic E-state index is -1.29. The molecule has 1 atom stereocenters. The molecule has 1 aliphatic heterocycles. The van der Waals surface area contributed by atoms with E-state index in [9.17, 15) is 4.39 Å². The van der Waals surface area contributed by atoms with Crippen LogP contribution in [0, 0.1) is 0 Å². The van der Waals surface area contributed by atoms with Crippen LogP contribution >= 0.6 is 0 Å². The summed E-state index contributed by atoms with van der Waals surface area (Å²) in [6.45, 7) is 2.93.